The maximum Gasteiger partial charge on any atom is 0.341 e. The van der Waals surface area contributed by atoms with E-state index >= 15 is 0 Å². The second-order valence-electron chi connectivity index (χ2n) is 6.85. The Morgan fingerprint density at radius 1 is 1.11 bits per heavy atom. The molecule has 1 heterocycles. The lowest BCUT2D eigenvalue weighted by Crippen LogP contribution is -2.43. The molecule has 1 aliphatic heterocycles. The molecule has 1 saturated heterocycles. The van der Waals surface area contributed by atoms with Crippen molar-refractivity contribution in [2.45, 2.75) is 13.8 Å². The Balaban J connectivity index is 1.69. The van der Waals surface area contributed by atoms with Gasteiger partial charge in [0.05, 0.1) is 0 Å². The third kappa shape index (κ3) is 4.80. The summed E-state index contributed by atoms with van der Waals surface area (Å²) >= 11 is 0. The molecule has 0 aliphatic carbocycles. The summed E-state index contributed by atoms with van der Waals surface area (Å²) in [7, 11) is 0. The topological polar surface area (TPSA) is 90.9 Å². The van der Waals surface area contributed by atoms with E-state index in [1.54, 1.807) is 12.1 Å². The normalized spacial score (nSPS) is 13.9. The van der Waals surface area contributed by atoms with Crippen molar-refractivity contribution >= 4 is 23.3 Å². The van der Waals surface area contributed by atoms with Crippen molar-refractivity contribution in [3.63, 3.8) is 0 Å². The number of aliphatic carboxylic acids is 1. The number of ether oxygens (including phenoxy) is 1. The van der Waals surface area contributed by atoms with Crippen LogP contribution in [0.3, 0.4) is 0 Å². The molecule has 3 rings (SSSR count). The first kappa shape index (κ1) is 19.7. The minimum absolute atomic E-state index is 0.183. The van der Waals surface area contributed by atoms with E-state index in [2.05, 4.69) is 15.5 Å². The number of nitrogens with one attached hydrogen (secondary N) is 2. The summed E-state index contributed by atoms with van der Waals surface area (Å²) < 4.78 is 5.22. The zero-order chi connectivity index (χ0) is 20.1. The number of nitrogens with zero attached hydrogens (tertiary/aromatic N) is 1. The molecule has 2 aromatic rings. The number of carboxylic acids is 1. The van der Waals surface area contributed by atoms with Gasteiger partial charge in [0.15, 0.2) is 6.61 Å². The van der Waals surface area contributed by atoms with Crippen LogP contribution in [0.25, 0.3) is 0 Å². The Morgan fingerprint density at radius 2 is 1.71 bits per heavy atom. The highest BCUT2D eigenvalue weighted by atomic mass is 16.5. The number of piperazine rings is 1. The van der Waals surface area contributed by atoms with E-state index in [0.717, 1.165) is 43.0 Å². The minimum atomic E-state index is -1.03. The van der Waals surface area contributed by atoms with Crippen LogP contribution in [-0.2, 0) is 4.79 Å². The molecule has 0 radical (unpaired) electrons. The molecule has 0 unspecified atom stereocenters. The number of anilines is 2. The summed E-state index contributed by atoms with van der Waals surface area (Å²) in [6.45, 7) is 7.15. The Bertz CT molecular complexity index is 835. The Hall–Kier alpha value is -3.06. The van der Waals surface area contributed by atoms with Gasteiger partial charge in [-0.05, 0) is 61.4 Å². The molecule has 1 aliphatic rings. The number of rotatable bonds is 6. The standard InChI is InChI=1S/C21H25N3O4/c1-14-11-18(28-13-19(25)26)12-15(2)20(14)23-21(27)16-3-5-17(6-4-16)24-9-7-22-8-10-24/h3-6,11-12,22H,7-10,13H2,1-2H3,(H,23,27)(H,25,26). The number of carbonyl (C=O) groups excluding carboxylic acids is 1. The molecule has 0 bridgehead atoms. The van der Waals surface area contributed by atoms with Gasteiger partial charge in [-0.2, -0.15) is 0 Å². The van der Waals surface area contributed by atoms with Gasteiger partial charge in [-0.1, -0.05) is 0 Å². The van der Waals surface area contributed by atoms with Crippen molar-refractivity contribution in [2.24, 2.45) is 0 Å². The van der Waals surface area contributed by atoms with E-state index in [1.165, 1.54) is 0 Å². The maximum atomic E-state index is 12.7. The molecular formula is C21H25N3O4. The van der Waals surface area contributed by atoms with Crippen LogP contribution in [0.1, 0.15) is 21.5 Å². The molecule has 0 aromatic heterocycles. The fraction of sp³-hybridized carbons (Fsp3) is 0.333. The zero-order valence-electron chi connectivity index (χ0n) is 16.1. The average molecular weight is 383 g/mol. The van der Waals surface area contributed by atoms with Gasteiger partial charge in [0, 0.05) is 43.1 Å². The number of carboxylic acid groups (broad SMARTS) is 1. The smallest absolute Gasteiger partial charge is 0.341 e. The van der Waals surface area contributed by atoms with Crippen molar-refractivity contribution in [2.75, 3.05) is 43.0 Å². The molecular weight excluding hydrogens is 358 g/mol. The highest BCUT2D eigenvalue weighted by molar-refractivity contribution is 6.05. The molecule has 28 heavy (non-hydrogen) atoms. The first-order valence-electron chi connectivity index (χ1n) is 9.27. The number of hydrogen-bond donors (Lipinski definition) is 3. The predicted octanol–water partition coefficient (Wildman–Crippen LogP) is 2.43. The highest BCUT2D eigenvalue weighted by Crippen LogP contribution is 2.27. The van der Waals surface area contributed by atoms with Gasteiger partial charge in [0.25, 0.3) is 5.91 Å². The number of aryl methyl sites for hydroxylation is 2. The van der Waals surface area contributed by atoms with Crippen LogP contribution in [0.4, 0.5) is 11.4 Å². The Kier molecular flexibility index (Phi) is 6.16. The first-order chi connectivity index (χ1) is 13.4. The molecule has 7 heteroatoms. The van der Waals surface area contributed by atoms with Gasteiger partial charge >= 0.3 is 5.97 Å². The summed E-state index contributed by atoms with van der Waals surface area (Å²) in [4.78, 5) is 25.6. The number of amides is 1. The molecule has 1 fully saturated rings. The van der Waals surface area contributed by atoms with E-state index in [0.29, 0.717) is 17.0 Å². The second kappa shape index (κ2) is 8.75. The molecule has 7 nitrogen and oxygen atoms in total. The third-order valence-electron chi connectivity index (χ3n) is 4.72. The van der Waals surface area contributed by atoms with E-state index < -0.39 is 12.6 Å². The summed E-state index contributed by atoms with van der Waals surface area (Å²) in [5.74, 6) is -0.745. The molecule has 2 aromatic carbocycles. The maximum absolute atomic E-state index is 12.7. The fourth-order valence-electron chi connectivity index (χ4n) is 3.28. The fourth-order valence-corrected chi connectivity index (χ4v) is 3.28. The summed E-state index contributed by atoms with van der Waals surface area (Å²) in [5.41, 5.74) is 4.03. The van der Waals surface area contributed by atoms with E-state index in [-0.39, 0.29) is 5.91 Å². The molecule has 0 atom stereocenters. The van der Waals surface area contributed by atoms with E-state index in [4.69, 9.17) is 9.84 Å². The van der Waals surface area contributed by atoms with Gasteiger partial charge in [0.2, 0.25) is 0 Å². The third-order valence-corrected chi connectivity index (χ3v) is 4.72. The van der Waals surface area contributed by atoms with Gasteiger partial charge < -0.3 is 25.4 Å². The lowest BCUT2D eigenvalue weighted by molar-refractivity contribution is -0.139. The van der Waals surface area contributed by atoms with Crippen LogP contribution in [0.2, 0.25) is 0 Å². The van der Waals surface area contributed by atoms with Crippen LogP contribution in [0, 0.1) is 13.8 Å². The van der Waals surface area contributed by atoms with Crippen LogP contribution in [0.5, 0.6) is 5.75 Å². The van der Waals surface area contributed by atoms with Crippen LogP contribution >= 0.6 is 0 Å². The molecule has 148 valence electrons. The van der Waals surface area contributed by atoms with Crippen molar-refractivity contribution in [1.29, 1.82) is 0 Å². The highest BCUT2D eigenvalue weighted by Gasteiger charge is 2.14. The Labute approximate surface area is 164 Å². The van der Waals surface area contributed by atoms with Gasteiger partial charge in [-0.25, -0.2) is 4.79 Å². The van der Waals surface area contributed by atoms with Gasteiger partial charge in [-0.3, -0.25) is 4.79 Å². The summed E-state index contributed by atoms with van der Waals surface area (Å²) in [5, 5.41) is 15.0. The molecule has 0 spiro atoms. The largest absolute Gasteiger partial charge is 0.482 e. The Morgan fingerprint density at radius 3 is 2.29 bits per heavy atom. The molecule has 1 amide bonds. The molecule has 0 saturated carbocycles. The van der Waals surface area contributed by atoms with E-state index in [1.807, 2.05) is 38.1 Å². The second-order valence-corrected chi connectivity index (χ2v) is 6.85. The zero-order valence-corrected chi connectivity index (χ0v) is 16.1. The lowest BCUT2D eigenvalue weighted by atomic mass is 10.1. The van der Waals surface area contributed by atoms with Crippen molar-refractivity contribution in [1.82, 2.24) is 5.32 Å². The minimum Gasteiger partial charge on any atom is -0.482 e. The van der Waals surface area contributed by atoms with Crippen molar-refractivity contribution in [3.05, 3.63) is 53.1 Å². The number of benzene rings is 2. The molecule has 3 N–H and O–H groups in total. The van der Waals surface area contributed by atoms with E-state index in [9.17, 15) is 9.59 Å². The summed E-state index contributed by atoms with van der Waals surface area (Å²) in [6, 6.07) is 11.1. The number of hydrogen-bond acceptors (Lipinski definition) is 5. The SMILES string of the molecule is Cc1cc(OCC(=O)O)cc(C)c1NC(=O)c1ccc(N2CCNCC2)cc1. The average Bonchev–Trinajstić information content (AvgIpc) is 2.70. The van der Waals surface area contributed by atoms with Crippen molar-refractivity contribution < 1.29 is 19.4 Å². The monoisotopic (exact) mass is 383 g/mol. The van der Waals surface area contributed by atoms with Gasteiger partial charge in [-0.15, -0.1) is 0 Å². The van der Waals surface area contributed by atoms with Crippen LogP contribution < -0.4 is 20.3 Å². The summed E-state index contributed by atoms with van der Waals surface area (Å²) in [6.07, 6.45) is 0. The van der Waals surface area contributed by atoms with Crippen LogP contribution in [-0.4, -0.2) is 49.8 Å². The number of carbonyl (C=O) groups is 2. The lowest BCUT2D eigenvalue weighted by Gasteiger charge is -2.29. The van der Waals surface area contributed by atoms with Gasteiger partial charge in [0.1, 0.15) is 5.75 Å². The first-order valence-corrected chi connectivity index (χ1v) is 9.27. The predicted molar refractivity (Wildman–Crippen MR) is 109 cm³/mol. The van der Waals surface area contributed by atoms with Crippen molar-refractivity contribution in [3.8, 4) is 5.75 Å². The van der Waals surface area contributed by atoms with Crippen LogP contribution in [0.15, 0.2) is 36.4 Å². The quantitative estimate of drug-likeness (QED) is 0.710.